The molecule has 0 radical (unpaired) electrons. The highest BCUT2D eigenvalue weighted by molar-refractivity contribution is 7.91. The fourth-order valence-electron chi connectivity index (χ4n) is 4.34. The van der Waals surface area contributed by atoms with Crippen molar-refractivity contribution in [2.45, 2.75) is 75.7 Å². The zero-order valence-electron chi connectivity index (χ0n) is 19.8. The Morgan fingerprint density at radius 3 is 2.35 bits per heavy atom. The minimum Gasteiger partial charge on any atom is -0.387 e. The normalized spacial score (nSPS) is 27.5. The van der Waals surface area contributed by atoms with Crippen LogP contribution in [0.3, 0.4) is 0 Å². The molecule has 1 aliphatic heterocycles. The maximum Gasteiger partial charge on any atom is 0.259 e. The second-order valence-corrected chi connectivity index (χ2v) is 12.4. The number of carbonyl (C=O) groups is 4. The largest absolute Gasteiger partial charge is 0.387 e. The maximum absolute atomic E-state index is 13.3. The van der Waals surface area contributed by atoms with E-state index in [1.54, 1.807) is 20.8 Å². The summed E-state index contributed by atoms with van der Waals surface area (Å²) in [6.45, 7) is 8.48. The Morgan fingerprint density at radius 2 is 1.85 bits per heavy atom. The molecular weight excluding hydrogens is 464 g/mol. The van der Waals surface area contributed by atoms with Crippen LogP contribution in [0.15, 0.2) is 12.7 Å². The van der Waals surface area contributed by atoms with Crippen molar-refractivity contribution < 1.29 is 32.7 Å². The summed E-state index contributed by atoms with van der Waals surface area (Å²) in [7, 11) is -3.79. The molecule has 1 heterocycles. The van der Waals surface area contributed by atoms with E-state index < -0.39 is 74.5 Å². The van der Waals surface area contributed by atoms with E-state index in [4.69, 9.17) is 5.11 Å². The van der Waals surface area contributed by atoms with Gasteiger partial charge in [0.05, 0.1) is 5.25 Å². The molecule has 0 unspecified atom stereocenters. The van der Waals surface area contributed by atoms with Gasteiger partial charge in [0.25, 0.3) is 5.91 Å². The topological polar surface area (TPSA) is 162 Å². The first-order valence-electron chi connectivity index (χ1n) is 11.5. The summed E-state index contributed by atoms with van der Waals surface area (Å²) in [5, 5.41) is 13.7. The molecule has 0 bridgehead atoms. The van der Waals surface area contributed by atoms with E-state index in [1.165, 1.54) is 11.0 Å². The van der Waals surface area contributed by atoms with E-state index in [0.29, 0.717) is 32.2 Å². The number of aliphatic hydroxyl groups is 1. The number of aliphatic hydroxyl groups excluding tert-OH is 1. The second kappa shape index (κ2) is 9.29. The van der Waals surface area contributed by atoms with Gasteiger partial charge < -0.3 is 20.6 Å². The standard InChI is InChI=1S/C22H34N4O7S/c1-5-13-11-22(13,20(31)25-34(32,33)14-8-9-14)24-18(29)15-7-6-10-26(15)19(30)17(21(2,3)4)23-16(28)12-27/h5,13-15,17,27H,1,6-12H2,2-4H3,(H,23,28)(H,24,29)(H,25,31)/t13-,15+,17-,22-/m1/s1. The number of sulfonamides is 1. The van der Waals surface area contributed by atoms with Crippen LogP contribution in [0.5, 0.6) is 0 Å². The molecule has 4 N–H and O–H groups in total. The number of carbonyl (C=O) groups excluding carboxylic acids is 4. The smallest absolute Gasteiger partial charge is 0.259 e. The Labute approximate surface area is 199 Å². The van der Waals surface area contributed by atoms with E-state index >= 15 is 0 Å². The van der Waals surface area contributed by atoms with E-state index in [9.17, 15) is 27.6 Å². The molecule has 0 aromatic carbocycles. The summed E-state index contributed by atoms with van der Waals surface area (Å²) in [4.78, 5) is 52.7. The Hall–Kier alpha value is -2.47. The van der Waals surface area contributed by atoms with Crippen LogP contribution in [0.4, 0.5) is 0 Å². The summed E-state index contributed by atoms with van der Waals surface area (Å²) in [5.74, 6) is -2.94. The molecular formula is C22H34N4O7S. The summed E-state index contributed by atoms with van der Waals surface area (Å²) in [5.41, 5.74) is -2.11. The molecule has 12 heteroatoms. The lowest BCUT2D eigenvalue weighted by molar-refractivity contribution is -0.144. The van der Waals surface area contributed by atoms with E-state index in [-0.39, 0.29) is 6.42 Å². The molecule has 11 nitrogen and oxygen atoms in total. The van der Waals surface area contributed by atoms with Crippen LogP contribution in [-0.4, -0.2) is 78.1 Å². The highest BCUT2D eigenvalue weighted by Gasteiger charge is 2.61. The average molecular weight is 499 g/mol. The van der Waals surface area contributed by atoms with Crippen molar-refractivity contribution in [1.29, 1.82) is 0 Å². The van der Waals surface area contributed by atoms with E-state index in [1.807, 2.05) is 0 Å². The predicted molar refractivity (Wildman–Crippen MR) is 122 cm³/mol. The van der Waals surface area contributed by atoms with Crippen molar-refractivity contribution >= 4 is 33.7 Å². The van der Waals surface area contributed by atoms with Crippen molar-refractivity contribution in [2.75, 3.05) is 13.2 Å². The van der Waals surface area contributed by atoms with Gasteiger partial charge in [0.1, 0.15) is 24.2 Å². The number of amides is 4. The quantitative estimate of drug-likeness (QED) is 0.302. The van der Waals surface area contributed by atoms with Crippen molar-refractivity contribution in [3.63, 3.8) is 0 Å². The van der Waals surface area contributed by atoms with Crippen LogP contribution in [0.1, 0.15) is 52.9 Å². The van der Waals surface area contributed by atoms with Gasteiger partial charge >= 0.3 is 0 Å². The average Bonchev–Trinajstić information content (AvgIpc) is 3.66. The first-order chi connectivity index (χ1) is 15.8. The van der Waals surface area contributed by atoms with Gasteiger partial charge in [0, 0.05) is 12.5 Å². The molecule has 4 amide bonds. The van der Waals surface area contributed by atoms with Crippen molar-refractivity contribution in [3.05, 3.63) is 12.7 Å². The lowest BCUT2D eigenvalue weighted by Crippen LogP contribution is -2.60. The minimum absolute atomic E-state index is 0.214. The number of nitrogens with one attached hydrogen (secondary N) is 3. The maximum atomic E-state index is 13.3. The minimum atomic E-state index is -3.79. The van der Waals surface area contributed by atoms with Gasteiger partial charge in [-0.25, -0.2) is 8.42 Å². The second-order valence-electron chi connectivity index (χ2n) is 10.4. The lowest BCUT2D eigenvalue weighted by atomic mass is 9.85. The third kappa shape index (κ3) is 5.27. The summed E-state index contributed by atoms with van der Waals surface area (Å²) in [6, 6.07) is -1.84. The molecule has 0 aromatic rings. The Bertz CT molecular complexity index is 986. The molecule has 4 atom stereocenters. The molecule has 3 aliphatic rings. The molecule has 0 aromatic heterocycles. The van der Waals surface area contributed by atoms with Crippen LogP contribution in [0, 0.1) is 11.3 Å². The van der Waals surface area contributed by atoms with Gasteiger partial charge in [-0.15, -0.1) is 6.58 Å². The predicted octanol–water partition coefficient (Wildman–Crippen LogP) is -0.830. The van der Waals surface area contributed by atoms with Crippen molar-refractivity contribution in [1.82, 2.24) is 20.3 Å². The molecule has 2 aliphatic carbocycles. The number of nitrogens with zero attached hydrogens (tertiary/aromatic N) is 1. The molecule has 0 spiro atoms. The lowest BCUT2D eigenvalue weighted by Gasteiger charge is -2.35. The van der Waals surface area contributed by atoms with Crippen molar-refractivity contribution in [3.8, 4) is 0 Å². The van der Waals surface area contributed by atoms with E-state index in [2.05, 4.69) is 21.9 Å². The first kappa shape index (κ1) is 26.1. The van der Waals surface area contributed by atoms with Crippen LogP contribution in [-0.2, 0) is 29.2 Å². The summed E-state index contributed by atoms with van der Waals surface area (Å²) < 4.78 is 26.6. The zero-order chi connectivity index (χ0) is 25.5. The molecule has 3 rings (SSSR count). The van der Waals surface area contributed by atoms with Gasteiger partial charge in [-0.3, -0.25) is 23.9 Å². The van der Waals surface area contributed by atoms with Gasteiger partial charge in [0.2, 0.25) is 27.7 Å². The van der Waals surface area contributed by atoms with Crippen LogP contribution in [0.2, 0.25) is 0 Å². The van der Waals surface area contributed by atoms with E-state index in [0.717, 1.165) is 0 Å². The number of rotatable bonds is 9. The Balaban J connectivity index is 1.75. The molecule has 2 saturated carbocycles. The Kier molecular flexibility index (Phi) is 7.14. The van der Waals surface area contributed by atoms with Gasteiger partial charge in [-0.05, 0) is 37.5 Å². The van der Waals surface area contributed by atoms with Crippen LogP contribution < -0.4 is 15.4 Å². The third-order valence-electron chi connectivity index (χ3n) is 6.65. The van der Waals surface area contributed by atoms with Crippen LogP contribution >= 0.6 is 0 Å². The number of likely N-dealkylation sites (tertiary alicyclic amines) is 1. The van der Waals surface area contributed by atoms with Gasteiger partial charge in [0.15, 0.2) is 0 Å². The molecule has 1 saturated heterocycles. The SMILES string of the molecule is C=C[C@@H]1C[C@]1(NC(=O)[C@@H]1CCCN1C(=O)[C@@H](NC(=O)CO)C(C)(C)C)C(=O)NS(=O)(=O)C1CC1. The molecule has 3 fully saturated rings. The van der Waals surface area contributed by atoms with Crippen LogP contribution in [0.25, 0.3) is 0 Å². The van der Waals surface area contributed by atoms with Crippen molar-refractivity contribution in [2.24, 2.45) is 11.3 Å². The Morgan fingerprint density at radius 1 is 1.21 bits per heavy atom. The van der Waals surface area contributed by atoms with Gasteiger partial charge in [-0.1, -0.05) is 26.8 Å². The summed E-state index contributed by atoms with van der Waals surface area (Å²) >= 11 is 0. The summed E-state index contributed by atoms with van der Waals surface area (Å²) in [6.07, 6.45) is 3.61. The molecule has 190 valence electrons. The zero-order valence-corrected chi connectivity index (χ0v) is 20.6. The first-order valence-corrected chi connectivity index (χ1v) is 13.0. The fourth-order valence-corrected chi connectivity index (χ4v) is 5.71. The monoisotopic (exact) mass is 498 g/mol. The highest BCUT2D eigenvalue weighted by atomic mass is 32.2. The highest BCUT2D eigenvalue weighted by Crippen LogP contribution is 2.45. The molecule has 34 heavy (non-hydrogen) atoms. The number of hydrogen-bond acceptors (Lipinski definition) is 7. The van der Waals surface area contributed by atoms with Gasteiger partial charge in [-0.2, -0.15) is 0 Å². The number of hydrogen-bond donors (Lipinski definition) is 4. The fraction of sp³-hybridized carbons (Fsp3) is 0.727. The third-order valence-corrected chi connectivity index (χ3v) is 8.47.